The molecule has 0 spiro atoms. The predicted octanol–water partition coefficient (Wildman–Crippen LogP) is 7.62. The molecule has 2 unspecified atom stereocenters. The molecule has 2 rings (SSSR count). The lowest BCUT2D eigenvalue weighted by Crippen LogP contribution is -2.55. The monoisotopic (exact) mass is 540 g/mol. The lowest BCUT2D eigenvalue weighted by molar-refractivity contribution is -0.197. The van der Waals surface area contributed by atoms with E-state index in [0.717, 1.165) is 36.0 Å². The van der Waals surface area contributed by atoms with Crippen molar-refractivity contribution in [3.63, 3.8) is 0 Å². The Morgan fingerprint density at radius 3 is 1.62 bits per heavy atom. The van der Waals surface area contributed by atoms with Crippen molar-refractivity contribution in [3.05, 3.63) is 70.3 Å². The highest BCUT2D eigenvalue weighted by Gasteiger charge is 2.56. The minimum atomic E-state index is -1.64. The molecule has 0 amide bonds. The maximum Gasteiger partial charge on any atom is 0.102 e. The topological polar surface area (TPSA) is 80.9 Å². The van der Waals surface area contributed by atoms with Gasteiger partial charge in [0.1, 0.15) is 5.60 Å². The van der Waals surface area contributed by atoms with Gasteiger partial charge in [0.2, 0.25) is 0 Å². The van der Waals surface area contributed by atoms with Gasteiger partial charge in [-0.2, -0.15) is 0 Å². The van der Waals surface area contributed by atoms with E-state index in [1.165, 1.54) is 25.7 Å². The Bertz CT molecular complexity index is 976. The van der Waals surface area contributed by atoms with Gasteiger partial charge in [-0.15, -0.1) is 0 Å². The number of benzene rings is 2. The lowest BCUT2D eigenvalue weighted by atomic mass is 9.60. The fraction of sp³-hybridized carbons (Fsp3) is 0.657. The molecule has 0 bridgehead atoms. The van der Waals surface area contributed by atoms with Crippen LogP contribution in [0.3, 0.4) is 0 Å². The van der Waals surface area contributed by atoms with Crippen LogP contribution in [-0.2, 0) is 16.4 Å². The standard InChI is InChI=1S/C35H56O4/c1-9-10-11-12-13-14-18-21-35(39,27-19-16-15-17-20-27)34(24-36,25-37)31(38)30-28(32(3,4)5)22-26(2)23-29(30)33(6,7)8/h15-17,19-20,22-23,31,36-39H,9-14,18,21,24-25H2,1-8H3. The summed E-state index contributed by atoms with van der Waals surface area (Å²) in [6, 6.07) is 13.5. The largest absolute Gasteiger partial charge is 0.395 e. The second-order valence-corrected chi connectivity index (χ2v) is 13.7. The van der Waals surface area contributed by atoms with E-state index < -0.39 is 30.3 Å². The Balaban J connectivity index is 2.71. The van der Waals surface area contributed by atoms with Crippen LogP contribution in [0, 0.1) is 12.3 Å². The summed E-state index contributed by atoms with van der Waals surface area (Å²) in [6.07, 6.45) is 6.63. The maximum absolute atomic E-state index is 12.6. The summed E-state index contributed by atoms with van der Waals surface area (Å²) in [5, 5.41) is 47.2. The average Bonchev–Trinajstić information content (AvgIpc) is 2.88. The highest BCUT2D eigenvalue weighted by atomic mass is 16.3. The summed E-state index contributed by atoms with van der Waals surface area (Å²) in [4.78, 5) is 0. The van der Waals surface area contributed by atoms with E-state index in [1.807, 2.05) is 30.3 Å². The van der Waals surface area contributed by atoms with Crippen molar-refractivity contribution in [1.82, 2.24) is 0 Å². The molecule has 0 heterocycles. The fourth-order valence-electron chi connectivity index (χ4n) is 6.05. The Labute approximate surface area is 238 Å². The van der Waals surface area contributed by atoms with Crippen LogP contribution in [0.15, 0.2) is 42.5 Å². The third-order valence-electron chi connectivity index (χ3n) is 8.52. The molecule has 4 N–H and O–H groups in total. The molecule has 0 aliphatic rings. The Kier molecular flexibility index (Phi) is 11.8. The van der Waals surface area contributed by atoms with E-state index >= 15 is 0 Å². The average molecular weight is 541 g/mol. The van der Waals surface area contributed by atoms with Crippen molar-refractivity contribution in [1.29, 1.82) is 0 Å². The van der Waals surface area contributed by atoms with Crippen molar-refractivity contribution in [3.8, 4) is 0 Å². The SMILES string of the molecule is CCCCCCCCCC(O)(c1ccccc1)C(CO)(CO)C(O)c1c(C(C)(C)C)cc(C)cc1C(C)(C)C. The second kappa shape index (κ2) is 13.8. The highest BCUT2D eigenvalue weighted by molar-refractivity contribution is 5.48. The van der Waals surface area contributed by atoms with Crippen LogP contribution >= 0.6 is 0 Å². The smallest absolute Gasteiger partial charge is 0.102 e. The first kappa shape index (κ1) is 33.5. The minimum Gasteiger partial charge on any atom is -0.395 e. The van der Waals surface area contributed by atoms with E-state index in [0.29, 0.717) is 17.5 Å². The summed E-state index contributed by atoms with van der Waals surface area (Å²) in [5.41, 5.74) is 0.486. The molecule has 0 radical (unpaired) electrons. The van der Waals surface area contributed by atoms with Crippen LogP contribution in [0.2, 0.25) is 0 Å². The van der Waals surface area contributed by atoms with Crippen LogP contribution in [-0.4, -0.2) is 33.6 Å². The van der Waals surface area contributed by atoms with Crippen molar-refractivity contribution in [2.24, 2.45) is 5.41 Å². The van der Waals surface area contributed by atoms with E-state index in [2.05, 4.69) is 67.5 Å². The number of aliphatic hydroxyl groups is 4. The van der Waals surface area contributed by atoms with Gasteiger partial charge in [0.05, 0.1) is 24.7 Å². The molecule has 0 aliphatic carbocycles. The predicted molar refractivity (Wildman–Crippen MR) is 163 cm³/mol. The third-order valence-corrected chi connectivity index (χ3v) is 8.52. The van der Waals surface area contributed by atoms with E-state index in [-0.39, 0.29) is 10.8 Å². The molecule has 220 valence electrons. The van der Waals surface area contributed by atoms with Gasteiger partial charge in [0, 0.05) is 0 Å². The summed E-state index contributed by atoms with van der Waals surface area (Å²) >= 11 is 0. The summed E-state index contributed by atoms with van der Waals surface area (Å²) in [6.45, 7) is 15.8. The zero-order valence-corrected chi connectivity index (χ0v) is 26.0. The lowest BCUT2D eigenvalue weighted by Gasteiger charge is -2.50. The number of hydrogen-bond acceptors (Lipinski definition) is 4. The molecule has 0 fully saturated rings. The molecule has 39 heavy (non-hydrogen) atoms. The Morgan fingerprint density at radius 1 is 0.718 bits per heavy atom. The van der Waals surface area contributed by atoms with Gasteiger partial charge in [0.15, 0.2) is 0 Å². The van der Waals surface area contributed by atoms with Gasteiger partial charge in [-0.25, -0.2) is 0 Å². The zero-order valence-electron chi connectivity index (χ0n) is 26.0. The quantitative estimate of drug-likeness (QED) is 0.186. The molecule has 0 saturated heterocycles. The molecule has 2 aromatic rings. The summed E-state index contributed by atoms with van der Waals surface area (Å²) < 4.78 is 0. The van der Waals surface area contributed by atoms with Gasteiger partial charge in [-0.3, -0.25) is 0 Å². The number of unbranched alkanes of at least 4 members (excludes halogenated alkanes) is 6. The van der Waals surface area contributed by atoms with Crippen molar-refractivity contribution in [2.45, 2.75) is 129 Å². The fourth-order valence-corrected chi connectivity index (χ4v) is 6.05. The van der Waals surface area contributed by atoms with E-state index in [4.69, 9.17) is 0 Å². The van der Waals surface area contributed by atoms with Gasteiger partial charge in [-0.1, -0.05) is 141 Å². The highest BCUT2D eigenvalue weighted by Crippen LogP contribution is 2.54. The minimum absolute atomic E-state index is 0.303. The van der Waals surface area contributed by atoms with Crippen LogP contribution < -0.4 is 0 Å². The number of hydrogen-bond donors (Lipinski definition) is 4. The summed E-state index contributed by atoms with van der Waals surface area (Å²) in [7, 11) is 0. The molecule has 2 aromatic carbocycles. The molecule has 0 saturated carbocycles. The van der Waals surface area contributed by atoms with Gasteiger partial charge in [-0.05, 0) is 46.4 Å². The van der Waals surface area contributed by atoms with Gasteiger partial charge >= 0.3 is 0 Å². The van der Waals surface area contributed by atoms with E-state index in [1.54, 1.807) is 0 Å². The molecule has 4 heteroatoms. The Hall–Kier alpha value is -1.72. The van der Waals surface area contributed by atoms with Crippen LogP contribution in [0.5, 0.6) is 0 Å². The third kappa shape index (κ3) is 7.52. The molecule has 0 aliphatic heterocycles. The first-order valence-corrected chi connectivity index (χ1v) is 15.0. The molecular weight excluding hydrogens is 484 g/mol. The Morgan fingerprint density at radius 2 is 1.18 bits per heavy atom. The number of aryl methyl sites for hydroxylation is 1. The molecule has 4 nitrogen and oxygen atoms in total. The number of rotatable bonds is 14. The van der Waals surface area contributed by atoms with Crippen molar-refractivity contribution in [2.75, 3.05) is 13.2 Å². The van der Waals surface area contributed by atoms with Crippen LogP contribution in [0.25, 0.3) is 0 Å². The molecular formula is C35H56O4. The van der Waals surface area contributed by atoms with Crippen LogP contribution in [0.4, 0.5) is 0 Å². The zero-order chi connectivity index (χ0) is 29.5. The summed E-state index contributed by atoms with van der Waals surface area (Å²) in [5.74, 6) is 0. The van der Waals surface area contributed by atoms with E-state index in [9.17, 15) is 20.4 Å². The first-order chi connectivity index (χ1) is 18.2. The molecule has 0 aromatic heterocycles. The van der Waals surface area contributed by atoms with Gasteiger partial charge < -0.3 is 20.4 Å². The first-order valence-electron chi connectivity index (χ1n) is 15.0. The normalized spacial score (nSPS) is 15.3. The van der Waals surface area contributed by atoms with Crippen LogP contribution in [0.1, 0.15) is 134 Å². The van der Waals surface area contributed by atoms with Crippen molar-refractivity contribution >= 4 is 0 Å². The second-order valence-electron chi connectivity index (χ2n) is 13.7. The number of aliphatic hydroxyl groups excluding tert-OH is 3. The van der Waals surface area contributed by atoms with Gasteiger partial charge in [0.25, 0.3) is 0 Å². The van der Waals surface area contributed by atoms with Crippen molar-refractivity contribution < 1.29 is 20.4 Å². The molecule has 2 atom stereocenters. The maximum atomic E-state index is 12.6.